The molecule has 2 atom stereocenters. The second-order valence-electron chi connectivity index (χ2n) is 5.46. The average Bonchev–Trinajstić information content (AvgIpc) is 3.02. The summed E-state index contributed by atoms with van der Waals surface area (Å²) in [6.45, 7) is 0.533. The number of H-pyrrole nitrogens is 1. The third-order valence-electron chi connectivity index (χ3n) is 4.28. The summed E-state index contributed by atoms with van der Waals surface area (Å²) in [7, 11) is 0. The van der Waals surface area contributed by atoms with Crippen LogP contribution in [0.5, 0.6) is 0 Å². The molecule has 1 aromatic heterocycles. The van der Waals surface area contributed by atoms with Gasteiger partial charge < -0.3 is 4.98 Å². The zero-order chi connectivity index (χ0) is 13.2. The molecule has 2 heterocycles. The number of imidazole rings is 1. The first-order valence-corrected chi connectivity index (χ1v) is 7.11. The highest BCUT2D eigenvalue weighted by Crippen LogP contribution is 2.37. The lowest BCUT2D eigenvalue weighted by atomic mass is 9.81. The summed E-state index contributed by atoms with van der Waals surface area (Å²) in [5, 5.41) is 0. The van der Waals surface area contributed by atoms with E-state index >= 15 is 0 Å². The second kappa shape index (κ2) is 5.15. The topological polar surface area (TPSA) is 66.1 Å². The third-order valence-corrected chi connectivity index (χ3v) is 4.28. The summed E-state index contributed by atoms with van der Waals surface area (Å²) in [6.07, 6.45) is 9.02. The van der Waals surface area contributed by atoms with E-state index in [0.29, 0.717) is 6.54 Å². The van der Waals surface area contributed by atoms with Crippen LogP contribution >= 0.6 is 0 Å². The SMILES string of the molecule is O=C1C2CCCCC2C(=O)N1CCCc1ncc[nH]1. The lowest BCUT2D eigenvalue weighted by molar-refractivity contribution is -0.139. The van der Waals surface area contributed by atoms with Crippen LogP contribution in [0.4, 0.5) is 0 Å². The first-order valence-electron chi connectivity index (χ1n) is 7.11. The second-order valence-corrected chi connectivity index (χ2v) is 5.46. The minimum atomic E-state index is -0.0233. The van der Waals surface area contributed by atoms with Gasteiger partial charge in [0, 0.05) is 25.4 Å². The molecule has 2 unspecified atom stereocenters. The highest BCUT2D eigenvalue weighted by atomic mass is 16.2. The Balaban J connectivity index is 1.58. The molecule has 0 spiro atoms. The van der Waals surface area contributed by atoms with E-state index in [2.05, 4.69) is 9.97 Å². The maximum atomic E-state index is 12.2. The van der Waals surface area contributed by atoms with Crippen LogP contribution in [0.2, 0.25) is 0 Å². The average molecular weight is 261 g/mol. The number of aryl methyl sites for hydroxylation is 1. The lowest BCUT2D eigenvalue weighted by Crippen LogP contribution is -2.32. The van der Waals surface area contributed by atoms with Gasteiger partial charge in [-0.1, -0.05) is 12.8 Å². The number of aromatic nitrogens is 2. The molecule has 2 aliphatic rings. The maximum Gasteiger partial charge on any atom is 0.233 e. The summed E-state index contributed by atoms with van der Waals surface area (Å²) >= 11 is 0. The van der Waals surface area contributed by atoms with E-state index in [1.807, 2.05) is 0 Å². The number of carbonyl (C=O) groups is 2. The van der Waals surface area contributed by atoms with Gasteiger partial charge in [-0.3, -0.25) is 14.5 Å². The molecule has 1 saturated heterocycles. The highest BCUT2D eigenvalue weighted by molar-refractivity contribution is 6.05. The van der Waals surface area contributed by atoms with Gasteiger partial charge in [-0.15, -0.1) is 0 Å². The van der Waals surface area contributed by atoms with E-state index in [1.165, 1.54) is 4.90 Å². The van der Waals surface area contributed by atoms with Crippen LogP contribution in [0.1, 0.15) is 37.9 Å². The molecular formula is C14H19N3O2. The Kier molecular flexibility index (Phi) is 3.36. The number of rotatable bonds is 4. The fourth-order valence-electron chi connectivity index (χ4n) is 3.29. The van der Waals surface area contributed by atoms with Crippen LogP contribution < -0.4 is 0 Å². The van der Waals surface area contributed by atoms with Crippen molar-refractivity contribution in [3.05, 3.63) is 18.2 Å². The summed E-state index contributed by atoms with van der Waals surface area (Å²) in [5.41, 5.74) is 0. The van der Waals surface area contributed by atoms with Crippen molar-refractivity contribution in [1.29, 1.82) is 0 Å². The quantitative estimate of drug-likeness (QED) is 0.836. The molecular weight excluding hydrogens is 242 g/mol. The normalized spacial score (nSPS) is 26.8. The largest absolute Gasteiger partial charge is 0.349 e. The molecule has 0 bridgehead atoms. The van der Waals surface area contributed by atoms with Crippen LogP contribution in [-0.2, 0) is 16.0 Å². The molecule has 19 heavy (non-hydrogen) atoms. The molecule has 2 fully saturated rings. The van der Waals surface area contributed by atoms with E-state index in [1.54, 1.807) is 12.4 Å². The summed E-state index contributed by atoms with van der Waals surface area (Å²) in [5.74, 6) is 0.995. The Morgan fingerprint density at radius 1 is 1.21 bits per heavy atom. The number of amides is 2. The first kappa shape index (κ1) is 12.4. The van der Waals surface area contributed by atoms with Crippen molar-refractivity contribution in [3.63, 3.8) is 0 Å². The van der Waals surface area contributed by atoms with E-state index in [0.717, 1.165) is 44.3 Å². The molecule has 102 valence electrons. The Morgan fingerprint density at radius 3 is 2.47 bits per heavy atom. The van der Waals surface area contributed by atoms with Gasteiger partial charge in [-0.2, -0.15) is 0 Å². The summed E-state index contributed by atoms with van der Waals surface area (Å²) in [4.78, 5) is 33.1. The van der Waals surface area contributed by atoms with Crippen LogP contribution in [0.25, 0.3) is 0 Å². The number of nitrogens with one attached hydrogen (secondary N) is 1. The van der Waals surface area contributed by atoms with Gasteiger partial charge in [0.25, 0.3) is 0 Å². The predicted molar refractivity (Wildman–Crippen MR) is 69.1 cm³/mol. The molecule has 5 heteroatoms. The molecule has 1 saturated carbocycles. The Bertz CT molecular complexity index is 445. The molecule has 5 nitrogen and oxygen atoms in total. The number of hydrogen-bond donors (Lipinski definition) is 1. The van der Waals surface area contributed by atoms with Gasteiger partial charge in [0.2, 0.25) is 11.8 Å². The maximum absolute atomic E-state index is 12.2. The van der Waals surface area contributed by atoms with Crippen molar-refractivity contribution in [2.75, 3.05) is 6.54 Å². The van der Waals surface area contributed by atoms with E-state index in [9.17, 15) is 9.59 Å². The van der Waals surface area contributed by atoms with Crippen molar-refractivity contribution < 1.29 is 9.59 Å². The monoisotopic (exact) mass is 261 g/mol. The smallest absolute Gasteiger partial charge is 0.233 e. The molecule has 2 amide bonds. The van der Waals surface area contributed by atoms with Crippen LogP contribution in [0.3, 0.4) is 0 Å². The first-order chi connectivity index (χ1) is 9.27. The number of carbonyl (C=O) groups excluding carboxylic acids is 2. The van der Waals surface area contributed by atoms with Gasteiger partial charge >= 0.3 is 0 Å². The van der Waals surface area contributed by atoms with Gasteiger partial charge in [-0.25, -0.2) is 4.98 Å². The fraction of sp³-hybridized carbons (Fsp3) is 0.643. The van der Waals surface area contributed by atoms with Crippen molar-refractivity contribution in [3.8, 4) is 0 Å². The highest BCUT2D eigenvalue weighted by Gasteiger charge is 2.47. The zero-order valence-electron chi connectivity index (χ0n) is 11.0. The molecule has 0 aromatic carbocycles. The number of nitrogens with zero attached hydrogens (tertiary/aromatic N) is 2. The molecule has 1 aromatic rings. The summed E-state index contributed by atoms with van der Waals surface area (Å²) < 4.78 is 0. The van der Waals surface area contributed by atoms with Gasteiger partial charge in [0.15, 0.2) is 0 Å². The van der Waals surface area contributed by atoms with Crippen molar-refractivity contribution in [2.24, 2.45) is 11.8 Å². The Hall–Kier alpha value is -1.65. The van der Waals surface area contributed by atoms with Gasteiger partial charge in [-0.05, 0) is 19.3 Å². The van der Waals surface area contributed by atoms with E-state index in [-0.39, 0.29) is 23.7 Å². The molecule has 0 radical (unpaired) electrons. The van der Waals surface area contributed by atoms with Gasteiger partial charge in [0.05, 0.1) is 11.8 Å². The lowest BCUT2D eigenvalue weighted by Gasteiger charge is -2.19. The molecule has 1 aliphatic heterocycles. The molecule has 3 rings (SSSR count). The third kappa shape index (κ3) is 2.29. The van der Waals surface area contributed by atoms with Crippen LogP contribution in [-0.4, -0.2) is 33.2 Å². The van der Waals surface area contributed by atoms with Crippen molar-refractivity contribution in [2.45, 2.75) is 38.5 Å². The van der Waals surface area contributed by atoms with Crippen LogP contribution in [0, 0.1) is 11.8 Å². The molecule has 1 aliphatic carbocycles. The van der Waals surface area contributed by atoms with E-state index < -0.39 is 0 Å². The zero-order valence-corrected chi connectivity index (χ0v) is 11.0. The number of fused-ring (bicyclic) bond motifs is 1. The summed E-state index contributed by atoms with van der Waals surface area (Å²) in [6, 6.07) is 0. The van der Waals surface area contributed by atoms with Gasteiger partial charge in [0.1, 0.15) is 5.82 Å². The minimum Gasteiger partial charge on any atom is -0.349 e. The van der Waals surface area contributed by atoms with Crippen molar-refractivity contribution >= 4 is 11.8 Å². The standard InChI is InChI=1S/C14H19N3O2/c18-13-10-4-1-2-5-11(10)14(19)17(13)9-3-6-12-15-7-8-16-12/h7-8,10-11H,1-6,9H2,(H,15,16). The van der Waals surface area contributed by atoms with Crippen molar-refractivity contribution in [1.82, 2.24) is 14.9 Å². The van der Waals surface area contributed by atoms with E-state index in [4.69, 9.17) is 0 Å². The number of likely N-dealkylation sites (tertiary alicyclic amines) is 1. The number of imide groups is 1. The number of aromatic amines is 1. The molecule has 1 N–H and O–H groups in total. The predicted octanol–water partition coefficient (Wildman–Crippen LogP) is 1.52. The van der Waals surface area contributed by atoms with Crippen LogP contribution in [0.15, 0.2) is 12.4 Å². The minimum absolute atomic E-state index is 0.0233. The Labute approximate surface area is 112 Å². The fourth-order valence-corrected chi connectivity index (χ4v) is 3.29. The Morgan fingerprint density at radius 2 is 1.89 bits per heavy atom. The number of hydrogen-bond acceptors (Lipinski definition) is 3.